The molecule has 3 aromatic rings. The van der Waals surface area contributed by atoms with Crippen LogP contribution >= 0.6 is 0 Å². The zero-order valence-corrected chi connectivity index (χ0v) is 21.8. The molecule has 2 fully saturated rings. The number of rotatable bonds is 7. The molecule has 0 amide bonds. The number of methoxy groups -OCH3 is 2. The van der Waals surface area contributed by atoms with Gasteiger partial charge in [-0.15, -0.1) is 0 Å². The van der Waals surface area contributed by atoms with Crippen molar-refractivity contribution < 1.29 is 68.6 Å². The maximum Gasteiger partial charge on any atom is 0.229 e. The molecule has 0 spiro atoms. The van der Waals surface area contributed by atoms with E-state index in [1.807, 2.05) is 0 Å². The summed E-state index contributed by atoms with van der Waals surface area (Å²) in [5.74, 6) is -0.471. The number of phenolic OH excluding ortho intramolecular Hbond substituents is 1. The van der Waals surface area contributed by atoms with E-state index in [2.05, 4.69) is 0 Å². The van der Waals surface area contributed by atoms with Crippen LogP contribution in [-0.4, -0.2) is 118 Å². The van der Waals surface area contributed by atoms with Crippen LogP contribution in [0.25, 0.3) is 21.9 Å². The van der Waals surface area contributed by atoms with Crippen molar-refractivity contribution in [1.82, 2.24) is 0 Å². The van der Waals surface area contributed by atoms with Crippen LogP contribution in [0.1, 0.15) is 0 Å². The molecule has 2 aliphatic heterocycles. The second-order valence-electron chi connectivity index (χ2n) is 9.64. The minimum Gasteiger partial charge on any atom is -0.504 e. The third-order valence-corrected chi connectivity index (χ3v) is 7.05. The first-order valence-electron chi connectivity index (χ1n) is 12.5. The van der Waals surface area contributed by atoms with E-state index in [9.17, 15) is 40.5 Å². The minimum atomic E-state index is -1.85. The summed E-state index contributed by atoms with van der Waals surface area (Å²) >= 11 is 0. The summed E-state index contributed by atoms with van der Waals surface area (Å²) in [4.78, 5) is 13.6. The maximum atomic E-state index is 13.6. The van der Waals surface area contributed by atoms with Gasteiger partial charge in [-0.05, 0) is 12.1 Å². The molecule has 2 saturated heterocycles. The average Bonchev–Trinajstić information content (AvgIpc) is 2.97. The number of benzene rings is 2. The predicted molar refractivity (Wildman–Crippen MR) is 136 cm³/mol. The van der Waals surface area contributed by atoms with Gasteiger partial charge in [-0.3, -0.25) is 4.79 Å². The van der Waals surface area contributed by atoms with E-state index in [4.69, 9.17) is 32.8 Å². The molecule has 5 rings (SSSR count). The van der Waals surface area contributed by atoms with Gasteiger partial charge in [0.2, 0.25) is 11.7 Å². The van der Waals surface area contributed by atoms with E-state index < -0.39 is 78.8 Å². The van der Waals surface area contributed by atoms with Crippen LogP contribution in [0.2, 0.25) is 0 Å². The van der Waals surface area contributed by atoms with Gasteiger partial charge < -0.3 is 68.6 Å². The second-order valence-corrected chi connectivity index (χ2v) is 9.64. The summed E-state index contributed by atoms with van der Waals surface area (Å²) in [6.45, 7) is -0.859. The Bertz CT molecular complexity index is 1460. The molecule has 0 bridgehead atoms. The van der Waals surface area contributed by atoms with Crippen molar-refractivity contribution in [3.63, 3.8) is 0 Å². The first-order valence-corrected chi connectivity index (χ1v) is 12.5. The maximum absolute atomic E-state index is 13.6. The van der Waals surface area contributed by atoms with Crippen LogP contribution < -0.4 is 19.6 Å². The molecule has 9 atom stereocenters. The van der Waals surface area contributed by atoms with E-state index in [-0.39, 0.29) is 34.3 Å². The number of fused-ring (bicyclic) bond motifs is 2. The molecule has 2 aromatic carbocycles. The van der Waals surface area contributed by atoms with Crippen molar-refractivity contribution in [3.8, 4) is 23.0 Å². The quantitative estimate of drug-likeness (QED) is 0.154. The Hall–Kier alpha value is -3.25. The highest BCUT2D eigenvalue weighted by Gasteiger charge is 2.47. The third kappa shape index (κ3) is 5.27. The van der Waals surface area contributed by atoms with Crippen molar-refractivity contribution in [2.75, 3.05) is 27.4 Å². The molecule has 1 aromatic heterocycles. The summed E-state index contributed by atoms with van der Waals surface area (Å²) in [5.41, 5.74) is -0.521. The van der Waals surface area contributed by atoms with Crippen molar-refractivity contribution in [2.45, 2.75) is 55.3 Å². The van der Waals surface area contributed by atoms with Gasteiger partial charge in [-0.1, -0.05) is 0 Å². The van der Waals surface area contributed by atoms with Crippen molar-refractivity contribution in [2.24, 2.45) is 0 Å². The number of hydrogen-bond donors (Lipinski definition) is 7. The molecule has 41 heavy (non-hydrogen) atoms. The number of aromatic hydroxyl groups is 1. The highest BCUT2D eigenvalue weighted by atomic mass is 16.7. The molecule has 2 aliphatic rings. The van der Waals surface area contributed by atoms with E-state index >= 15 is 0 Å². The van der Waals surface area contributed by atoms with Crippen LogP contribution in [0.15, 0.2) is 33.5 Å². The van der Waals surface area contributed by atoms with Crippen LogP contribution in [-0.2, 0) is 14.2 Å². The van der Waals surface area contributed by atoms with Crippen LogP contribution in [0.5, 0.6) is 23.0 Å². The Labute approximate surface area is 231 Å². The third-order valence-electron chi connectivity index (χ3n) is 7.05. The van der Waals surface area contributed by atoms with Gasteiger partial charge in [0, 0.05) is 12.1 Å². The van der Waals surface area contributed by atoms with E-state index in [0.717, 1.165) is 0 Å². The topological polar surface area (TPSA) is 227 Å². The molecular weight excluding hydrogens is 552 g/mol. The lowest BCUT2D eigenvalue weighted by Gasteiger charge is -2.41. The smallest absolute Gasteiger partial charge is 0.229 e. The lowest BCUT2D eigenvalue weighted by molar-refractivity contribution is -0.307. The van der Waals surface area contributed by atoms with Gasteiger partial charge in [-0.25, -0.2) is 0 Å². The SMILES string of the molecule is COc1cc(OC)c2c(=O)c3c(O[C@H]4O[C@@H](CO[C@H]5OC[C@H](O)[C@@H](O)[C@@H]5O)[C@H](O)[C@@H](O)[C@@H]4O)c(O)ccc3oc2c1. The minimum absolute atomic E-state index is 0.000511. The standard InChI is InChI=1S/C26H30O15/c1-35-9-5-13(36-2)16-14(6-9)39-12-4-3-10(27)24(17(12)20(16)31)41-26-23(34)21(32)19(30)15(40-26)8-38-25-22(33)18(29)11(28)7-37-25/h3-6,11,15,18-19,21-23,25-30,32-34H,7-8H2,1-2H3/t11-,15-,18+,19-,21+,22-,23-,25+,26+/m0/s1. The molecule has 0 radical (unpaired) electrons. The lowest BCUT2D eigenvalue weighted by atomic mass is 9.99. The van der Waals surface area contributed by atoms with Gasteiger partial charge in [0.05, 0.1) is 27.4 Å². The van der Waals surface area contributed by atoms with E-state index in [1.165, 1.54) is 38.5 Å². The molecule has 7 N–H and O–H groups in total. The number of aliphatic hydroxyl groups excluding tert-OH is 6. The largest absolute Gasteiger partial charge is 0.504 e. The Morgan fingerprint density at radius 1 is 0.854 bits per heavy atom. The summed E-state index contributed by atoms with van der Waals surface area (Å²) in [7, 11) is 2.78. The van der Waals surface area contributed by atoms with E-state index in [1.54, 1.807) is 0 Å². The molecule has 3 heterocycles. The Morgan fingerprint density at radius 2 is 1.59 bits per heavy atom. The zero-order chi connectivity index (χ0) is 29.6. The normalized spacial score (nSPS) is 32.2. The van der Waals surface area contributed by atoms with E-state index in [0.29, 0.717) is 5.75 Å². The summed E-state index contributed by atoms with van der Waals surface area (Å²) in [6, 6.07) is 5.47. The molecular formula is C26H30O15. The Balaban J connectivity index is 1.45. The van der Waals surface area contributed by atoms with Crippen molar-refractivity contribution in [3.05, 3.63) is 34.5 Å². The van der Waals surface area contributed by atoms with Crippen LogP contribution in [0, 0.1) is 0 Å². The van der Waals surface area contributed by atoms with Gasteiger partial charge in [0.1, 0.15) is 76.2 Å². The van der Waals surface area contributed by atoms with Crippen LogP contribution in [0.4, 0.5) is 0 Å². The summed E-state index contributed by atoms with van der Waals surface area (Å²) in [5, 5.41) is 71.5. The number of ether oxygens (including phenoxy) is 6. The molecule has 15 heteroatoms. The fourth-order valence-corrected chi connectivity index (χ4v) is 4.75. The highest BCUT2D eigenvalue weighted by molar-refractivity contribution is 5.97. The fourth-order valence-electron chi connectivity index (χ4n) is 4.75. The Kier molecular flexibility index (Phi) is 8.24. The lowest BCUT2D eigenvalue weighted by Crippen LogP contribution is -2.61. The number of phenols is 1. The molecule has 0 saturated carbocycles. The van der Waals surface area contributed by atoms with Crippen molar-refractivity contribution >= 4 is 21.9 Å². The van der Waals surface area contributed by atoms with Crippen LogP contribution in [0.3, 0.4) is 0 Å². The van der Waals surface area contributed by atoms with Gasteiger partial charge in [0.25, 0.3) is 0 Å². The van der Waals surface area contributed by atoms with Gasteiger partial charge in [0.15, 0.2) is 17.8 Å². The fraction of sp³-hybridized carbons (Fsp3) is 0.500. The Morgan fingerprint density at radius 3 is 2.29 bits per heavy atom. The average molecular weight is 583 g/mol. The first kappa shape index (κ1) is 29.2. The number of hydrogen-bond acceptors (Lipinski definition) is 15. The zero-order valence-electron chi connectivity index (χ0n) is 21.8. The molecule has 0 aliphatic carbocycles. The highest BCUT2D eigenvalue weighted by Crippen LogP contribution is 2.39. The first-order chi connectivity index (χ1) is 19.5. The summed E-state index contributed by atoms with van der Waals surface area (Å²) in [6.07, 6.45) is -14.4. The predicted octanol–water partition coefficient (Wildman–Crippen LogP) is -1.69. The molecule has 0 unspecified atom stereocenters. The van der Waals surface area contributed by atoms with Gasteiger partial charge in [-0.2, -0.15) is 0 Å². The second kappa shape index (κ2) is 11.6. The number of aliphatic hydroxyl groups is 6. The monoisotopic (exact) mass is 582 g/mol. The molecule has 224 valence electrons. The molecule has 15 nitrogen and oxygen atoms in total. The summed E-state index contributed by atoms with van der Waals surface area (Å²) < 4.78 is 38.3. The van der Waals surface area contributed by atoms with Crippen molar-refractivity contribution in [1.29, 1.82) is 0 Å². The van der Waals surface area contributed by atoms with Gasteiger partial charge >= 0.3 is 0 Å².